The van der Waals surface area contributed by atoms with Crippen molar-refractivity contribution in [2.24, 2.45) is 5.10 Å². The highest BCUT2D eigenvalue weighted by Gasteiger charge is 2.06. The topological polar surface area (TPSA) is 98.8 Å². The van der Waals surface area contributed by atoms with E-state index in [4.69, 9.17) is 15.2 Å². The molecule has 0 unspecified atom stereocenters. The number of anilines is 2. The molecule has 22 heavy (non-hydrogen) atoms. The molecule has 0 fully saturated rings. The monoisotopic (exact) mass is 320 g/mol. The second-order valence-electron chi connectivity index (χ2n) is 4.08. The number of carbonyl (C=O) groups excluding carboxylic acids is 1. The van der Waals surface area contributed by atoms with E-state index in [-0.39, 0.29) is 6.61 Å². The molecule has 1 heterocycles. The Hall–Kier alpha value is -2.61. The van der Waals surface area contributed by atoms with E-state index >= 15 is 0 Å². The molecule has 0 aliphatic rings. The van der Waals surface area contributed by atoms with Crippen molar-refractivity contribution in [2.75, 3.05) is 24.4 Å². The molecule has 3 N–H and O–H groups in total. The summed E-state index contributed by atoms with van der Waals surface area (Å²) in [5.74, 6) is 0.575. The second kappa shape index (κ2) is 7.99. The summed E-state index contributed by atoms with van der Waals surface area (Å²) in [5, 5.41) is 6.38. The summed E-state index contributed by atoms with van der Waals surface area (Å²) in [5.41, 5.74) is 9.02. The molecule has 0 spiro atoms. The van der Waals surface area contributed by atoms with E-state index < -0.39 is 5.97 Å². The molecule has 7 nitrogen and oxygen atoms in total. The Labute approximate surface area is 131 Å². The van der Waals surface area contributed by atoms with Crippen molar-refractivity contribution in [1.29, 1.82) is 0 Å². The van der Waals surface area contributed by atoms with Crippen molar-refractivity contribution in [3.05, 3.63) is 35.2 Å². The first-order valence-corrected chi connectivity index (χ1v) is 7.44. The maximum absolute atomic E-state index is 11.3. The average molecular weight is 320 g/mol. The molecule has 8 heteroatoms. The number of nitrogens with two attached hydrogens (primary N) is 1. The number of para-hydroxylation sites is 1. The number of thiazole rings is 1. The Bertz CT molecular complexity index is 657. The SMILES string of the molecule is CCOC(=O)COc1ccccc1C=NNc1nc(N)cs1. The standard InChI is InChI=1S/C14H16N4O3S/c1-2-20-13(19)8-21-11-6-4-3-5-10(11)7-16-18-14-17-12(15)9-22-14/h3-7,9H,2,8,15H2,1H3,(H,17,18). The van der Waals surface area contributed by atoms with E-state index in [1.807, 2.05) is 18.2 Å². The van der Waals surface area contributed by atoms with Gasteiger partial charge in [-0.2, -0.15) is 5.10 Å². The Morgan fingerprint density at radius 3 is 3.05 bits per heavy atom. The molecule has 1 aromatic carbocycles. The van der Waals surface area contributed by atoms with Crippen molar-refractivity contribution in [2.45, 2.75) is 6.92 Å². The summed E-state index contributed by atoms with van der Waals surface area (Å²) in [6.45, 7) is 1.93. The van der Waals surface area contributed by atoms with Crippen LogP contribution in [0.2, 0.25) is 0 Å². The fraction of sp³-hybridized carbons (Fsp3) is 0.214. The van der Waals surface area contributed by atoms with Gasteiger partial charge in [0.1, 0.15) is 11.6 Å². The van der Waals surface area contributed by atoms with Gasteiger partial charge >= 0.3 is 5.97 Å². The van der Waals surface area contributed by atoms with E-state index in [1.165, 1.54) is 11.3 Å². The fourth-order valence-electron chi connectivity index (χ4n) is 1.55. The van der Waals surface area contributed by atoms with Gasteiger partial charge in [0.25, 0.3) is 0 Å². The third kappa shape index (κ3) is 4.74. The van der Waals surface area contributed by atoms with Gasteiger partial charge in [0.2, 0.25) is 5.13 Å². The van der Waals surface area contributed by atoms with Gasteiger partial charge in [-0.1, -0.05) is 12.1 Å². The van der Waals surface area contributed by atoms with E-state index in [0.717, 1.165) is 5.56 Å². The number of nitrogen functional groups attached to an aromatic ring is 1. The smallest absolute Gasteiger partial charge is 0.344 e. The zero-order valence-electron chi connectivity index (χ0n) is 12.0. The van der Waals surface area contributed by atoms with Gasteiger partial charge in [0.05, 0.1) is 12.8 Å². The Balaban J connectivity index is 1.96. The molecule has 0 bridgehead atoms. The molecule has 0 amide bonds. The van der Waals surface area contributed by atoms with Crippen molar-refractivity contribution < 1.29 is 14.3 Å². The molecule has 0 saturated heterocycles. The number of ether oxygens (including phenoxy) is 2. The van der Waals surface area contributed by atoms with Gasteiger partial charge in [-0.05, 0) is 19.1 Å². The largest absolute Gasteiger partial charge is 0.481 e. The van der Waals surface area contributed by atoms with Crippen LogP contribution >= 0.6 is 11.3 Å². The number of benzene rings is 1. The molecule has 116 valence electrons. The normalized spacial score (nSPS) is 10.6. The van der Waals surface area contributed by atoms with Crippen LogP contribution in [0, 0.1) is 0 Å². The van der Waals surface area contributed by atoms with Crippen LogP contribution in [0.15, 0.2) is 34.7 Å². The summed E-state index contributed by atoms with van der Waals surface area (Å²) in [6.07, 6.45) is 1.58. The first kappa shape index (κ1) is 15.8. The van der Waals surface area contributed by atoms with Gasteiger partial charge in [0, 0.05) is 10.9 Å². The van der Waals surface area contributed by atoms with Crippen LogP contribution in [0.25, 0.3) is 0 Å². The lowest BCUT2D eigenvalue weighted by molar-refractivity contribution is -0.145. The Morgan fingerprint density at radius 1 is 1.50 bits per heavy atom. The lowest BCUT2D eigenvalue weighted by Gasteiger charge is -2.08. The van der Waals surface area contributed by atoms with Crippen LogP contribution in [-0.4, -0.2) is 30.4 Å². The lowest BCUT2D eigenvalue weighted by atomic mass is 10.2. The molecule has 0 aliphatic heterocycles. The van der Waals surface area contributed by atoms with Crippen LogP contribution in [-0.2, 0) is 9.53 Å². The summed E-state index contributed by atoms with van der Waals surface area (Å²) in [7, 11) is 0. The first-order chi connectivity index (χ1) is 10.7. The number of aromatic nitrogens is 1. The summed E-state index contributed by atoms with van der Waals surface area (Å²) < 4.78 is 10.2. The predicted molar refractivity (Wildman–Crippen MR) is 86.3 cm³/mol. The zero-order valence-corrected chi connectivity index (χ0v) is 12.8. The number of carbonyl (C=O) groups is 1. The minimum Gasteiger partial charge on any atom is -0.481 e. The van der Waals surface area contributed by atoms with Crippen LogP contribution in [0.5, 0.6) is 5.75 Å². The van der Waals surface area contributed by atoms with E-state index in [1.54, 1.807) is 24.6 Å². The molecule has 0 aliphatic carbocycles. The molecular weight excluding hydrogens is 304 g/mol. The summed E-state index contributed by atoms with van der Waals surface area (Å²) in [6, 6.07) is 7.23. The molecule has 2 rings (SSSR count). The molecule has 0 saturated carbocycles. The van der Waals surface area contributed by atoms with Crippen LogP contribution in [0.3, 0.4) is 0 Å². The predicted octanol–water partition coefficient (Wildman–Crippen LogP) is 2.11. The van der Waals surface area contributed by atoms with E-state index in [2.05, 4.69) is 15.5 Å². The van der Waals surface area contributed by atoms with Gasteiger partial charge < -0.3 is 15.2 Å². The molecule has 2 aromatic rings. The Kier molecular flexibility index (Phi) is 5.73. The van der Waals surface area contributed by atoms with Crippen molar-refractivity contribution in [1.82, 2.24) is 4.98 Å². The quantitative estimate of drug-likeness (QED) is 0.460. The van der Waals surface area contributed by atoms with Crippen LogP contribution in [0.1, 0.15) is 12.5 Å². The second-order valence-corrected chi connectivity index (χ2v) is 4.94. The number of hydrogen-bond donors (Lipinski definition) is 2. The number of esters is 1. The number of nitrogens with one attached hydrogen (secondary N) is 1. The fourth-order valence-corrected chi connectivity index (χ4v) is 2.10. The number of rotatable bonds is 7. The molecule has 0 atom stereocenters. The van der Waals surface area contributed by atoms with Gasteiger partial charge in [0.15, 0.2) is 6.61 Å². The molecule has 1 aromatic heterocycles. The van der Waals surface area contributed by atoms with Crippen LogP contribution in [0.4, 0.5) is 10.9 Å². The van der Waals surface area contributed by atoms with Gasteiger partial charge in [-0.25, -0.2) is 9.78 Å². The highest BCUT2D eigenvalue weighted by atomic mass is 32.1. The van der Waals surface area contributed by atoms with E-state index in [9.17, 15) is 4.79 Å². The highest BCUT2D eigenvalue weighted by Crippen LogP contribution is 2.18. The maximum atomic E-state index is 11.3. The summed E-state index contributed by atoms with van der Waals surface area (Å²) >= 11 is 1.36. The maximum Gasteiger partial charge on any atom is 0.344 e. The van der Waals surface area contributed by atoms with Crippen molar-refractivity contribution in [3.63, 3.8) is 0 Å². The number of nitrogens with zero attached hydrogens (tertiary/aromatic N) is 2. The van der Waals surface area contributed by atoms with E-state index in [0.29, 0.717) is 23.3 Å². The lowest BCUT2D eigenvalue weighted by Crippen LogP contribution is -2.15. The third-order valence-corrected chi connectivity index (χ3v) is 3.22. The van der Waals surface area contributed by atoms with Gasteiger partial charge in [-0.3, -0.25) is 5.43 Å². The Morgan fingerprint density at radius 2 is 2.32 bits per heavy atom. The molecular formula is C14H16N4O3S. The average Bonchev–Trinajstić information content (AvgIpc) is 2.92. The number of hydrazone groups is 1. The summed E-state index contributed by atoms with van der Waals surface area (Å²) in [4.78, 5) is 15.3. The molecule has 0 radical (unpaired) electrons. The van der Waals surface area contributed by atoms with Gasteiger partial charge in [-0.15, -0.1) is 11.3 Å². The first-order valence-electron chi connectivity index (χ1n) is 6.56. The van der Waals surface area contributed by atoms with Crippen LogP contribution < -0.4 is 15.9 Å². The number of hydrogen-bond acceptors (Lipinski definition) is 8. The third-order valence-electron chi connectivity index (χ3n) is 2.46. The zero-order chi connectivity index (χ0) is 15.8. The highest BCUT2D eigenvalue weighted by molar-refractivity contribution is 7.14. The van der Waals surface area contributed by atoms with Crippen molar-refractivity contribution in [3.8, 4) is 5.75 Å². The van der Waals surface area contributed by atoms with Crippen molar-refractivity contribution >= 4 is 34.5 Å². The minimum absolute atomic E-state index is 0.144. The minimum atomic E-state index is -0.411.